The predicted octanol–water partition coefficient (Wildman–Crippen LogP) is 3.04. The summed E-state index contributed by atoms with van der Waals surface area (Å²) in [4.78, 5) is 31.9. The average Bonchev–Trinajstić information content (AvgIpc) is 3.08. The maximum Gasteiger partial charge on any atom is 0.247 e. The van der Waals surface area contributed by atoms with Crippen molar-refractivity contribution < 1.29 is 9.59 Å². The highest BCUT2D eigenvalue weighted by Gasteiger charge is 2.37. The van der Waals surface area contributed by atoms with E-state index in [-0.39, 0.29) is 17.6 Å². The molecular formula is C21H28N4O2. The summed E-state index contributed by atoms with van der Waals surface area (Å²) in [6.07, 6.45) is 5.02. The van der Waals surface area contributed by atoms with Gasteiger partial charge in [0.25, 0.3) is 0 Å². The summed E-state index contributed by atoms with van der Waals surface area (Å²) in [5.41, 5.74) is 1.34. The number of carbonyl (C=O) groups excluding carboxylic acids is 2. The van der Waals surface area contributed by atoms with Crippen molar-refractivity contribution in [3.05, 3.63) is 48.0 Å². The summed E-state index contributed by atoms with van der Waals surface area (Å²) in [5, 5.41) is 3.33. The van der Waals surface area contributed by atoms with E-state index < -0.39 is 5.54 Å². The van der Waals surface area contributed by atoms with Gasteiger partial charge >= 0.3 is 0 Å². The van der Waals surface area contributed by atoms with Crippen LogP contribution in [0.2, 0.25) is 0 Å². The van der Waals surface area contributed by atoms with Gasteiger partial charge in [-0.2, -0.15) is 0 Å². The number of aryl methyl sites for hydroxylation is 2. The molecule has 0 saturated carbocycles. The van der Waals surface area contributed by atoms with Crippen LogP contribution in [0.5, 0.6) is 0 Å². The van der Waals surface area contributed by atoms with Crippen molar-refractivity contribution in [3.8, 4) is 0 Å². The van der Waals surface area contributed by atoms with Gasteiger partial charge in [-0.25, -0.2) is 4.98 Å². The molecule has 144 valence electrons. The molecule has 6 nitrogen and oxygen atoms in total. The van der Waals surface area contributed by atoms with E-state index in [4.69, 9.17) is 0 Å². The van der Waals surface area contributed by atoms with E-state index in [0.717, 1.165) is 18.5 Å². The quantitative estimate of drug-likeness (QED) is 0.824. The minimum Gasteiger partial charge on any atom is -0.372 e. The highest BCUT2D eigenvalue weighted by atomic mass is 16.2. The van der Waals surface area contributed by atoms with Gasteiger partial charge in [-0.05, 0) is 45.7 Å². The van der Waals surface area contributed by atoms with E-state index in [0.29, 0.717) is 18.9 Å². The van der Waals surface area contributed by atoms with Crippen molar-refractivity contribution >= 4 is 17.4 Å². The second-order valence-corrected chi connectivity index (χ2v) is 7.93. The summed E-state index contributed by atoms with van der Waals surface area (Å²) in [6.45, 7) is 6.94. The highest BCUT2D eigenvalue weighted by Crippen LogP contribution is 2.24. The van der Waals surface area contributed by atoms with Gasteiger partial charge in [0.15, 0.2) is 5.82 Å². The molecule has 1 unspecified atom stereocenters. The molecule has 1 aromatic heterocycles. The van der Waals surface area contributed by atoms with Crippen molar-refractivity contribution in [1.82, 2.24) is 14.5 Å². The van der Waals surface area contributed by atoms with Crippen LogP contribution in [0.25, 0.3) is 0 Å². The second kappa shape index (κ2) is 7.55. The molecule has 1 N–H and O–H groups in total. The number of nitrogens with one attached hydrogen (secondary N) is 1. The Bertz CT molecular complexity index is 823. The molecule has 2 heterocycles. The second-order valence-electron chi connectivity index (χ2n) is 7.93. The Kier molecular flexibility index (Phi) is 5.35. The number of ketones is 1. The fraction of sp³-hybridized carbons (Fsp3) is 0.476. The summed E-state index contributed by atoms with van der Waals surface area (Å²) < 4.78 is 1.74. The number of piperidine rings is 1. The zero-order valence-electron chi connectivity index (χ0n) is 16.5. The number of amides is 1. The fourth-order valence-corrected chi connectivity index (χ4v) is 3.61. The zero-order valence-corrected chi connectivity index (χ0v) is 16.5. The number of anilines is 1. The van der Waals surface area contributed by atoms with Crippen LogP contribution in [0.4, 0.5) is 5.69 Å². The number of nitrogens with zero attached hydrogens (tertiary/aromatic N) is 3. The molecule has 6 heteroatoms. The molecule has 0 spiro atoms. The molecule has 1 fully saturated rings. The molecule has 1 amide bonds. The minimum absolute atomic E-state index is 0.0143. The van der Waals surface area contributed by atoms with E-state index in [1.54, 1.807) is 17.0 Å². The lowest BCUT2D eigenvalue weighted by atomic mass is 9.91. The highest BCUT2D eigenvalue weighted by molar-refractivity contribution is 5.96. The molecule has 1 atom stereocenters. The van der Waals surface area contributed by atoms with Gasteiger partial charge in [0.05, 0.1) is 0 Å². The third-order valence-corrected chi connectivity index (χ3v) is 5.16. The average molecular weight is 368 g/mol. The summed E-state index contributed by atoms with van der Waals surface area (Å²) >= 11 is 0. The number of likely N-dealkylation sites (tertiary alicyclic amines) is 1. The number of Topliss-reactive ketones (excluding diaryl/α,β-unsaturated/α-hetero) is 1. The van der Waals surface area contributed by atoms with Crippen LogP contribution in [0.1, 0.15) is 42.9 Å². The van der Waals surface area contributed by atoms with Gasteiger partial charge < -0.3 is 14.8 Å². The first-order chi connectivity index (χ1) is 12.8. The third-order valence-electron chi connectivity index (χ3n) is 5.16. The number of carbonyl (C=O) groups is 2. The van der Waals surface area contributed by atoms with E-state index in [2.05, 4.69) is 10.3 Å². The van der Waals surface area contributed by atoms with Crippen molar-refractivity contribution in [3.63, 3.8) is 0 Å². The first-order valence-corrected chi connectivity index (χ1v) is 9.44. The molecular weight excluding hydrogens is 340 g/mol. The zero-order chi connectivity index (χ0) is 19.6. The first kappa shape index (κ1) is 19.1. The lowest BCUT2D eigenvalue weighted by Gasteiger charge is -2.37. The third kappa shape index (κ3) is 4.21. The number of benzene rings is 1. The lowest BCUT2D eigenvalue weighted by molar-refractivity contribution is -0.136. The lowest BCUT2D eigenvalue weighted by Crippen LogP contribution is -2.53. The number of rotatable bonds is 5. The molecule has 1 saturated heterocycles. The SMILES string of the molecule is Cc1ccc(NC(C)(C)C(=O)N2CCCC(C(=O)c3nccn3C)C2)cc1. The minimum atomic E-state index is -0.747. The molecule has 1 aliphatic rings. The van der Waals surface area contributed by atoms with E-state index >= 15 is 0 Å². The smallest absolute Gasteiger partial charge is 0.247 e. The molecule has 0 bridgehead atoms. The van der Waals surface area contributed by atoms with Gasteiger partial charge in [-0.1, -0.05) is 17.7 Å². The monoisotopic (exact) mass is 368 g/mol. The van der Waals surface area contributed by atoms with Gasteiger partial charge in [0, 0.05) is 44.1 Å². The maximum atomic E-state index is 13.1. The van der Waals surface area contributed by atoms with Crippen LogP contribution in [0.3, 0.4) is 0 Å². The van der Waals surface area contributed by atoms with Crippen molar-refractivity contribution in [2.24, 2.45) is 13.0 Å². The molecule has 0 aliphatic carbocycles. The van der Waals surface area contributed by atoms with Crippen molar-refractivity contribution in [2.75, 3.05) is 18.4 Å². The Morgan fingerprint density at radius 1 is 1.22 bits per heavy atom. The predicted molar refractivity (Wildman–Crippen MR) is 106 cm³/mol. The maximum absolute atomic E-state index is 13.1. The van der Waals surface area contributed by atoms with Gasteiger partial charge in [0.1, 0.15) is 5.54 Å². The normalized spacial score (nSPS) is 17.6. The Balaban J connectivity index is 1.69. The summed E-state index contributed by atoms with van der Waals surface area (Å²) in [7, 11) is 1.82. The molecule has 3 rings (SSSR count). The first-order valence-electron chi connectivity index (χ1n) is 9.44. The Labute approximate surface area is 160 Å². The Morgan fingerprint density at radius 2 is 1.93 bits per heavy atom. The number of imidazole rings is 1. The van der Waals surface area contributed by atoms with Crippen molar-refractivity contribution in [2.45, 2.75) is 39.2 Å². The Hall–Kier alpha value is -2.63. The summed E-state index contributed by atoms with van der Waals surface area (Å²) in [6, 6.07) is 8.00. The van der Waals surface area contributed by atoms with Crippen LogP contribution in [-0.4, -0.2) is 44.8 Å². The van der Waals surface area contributed by atoms with Crippen LogP contribution < -0.4 is 5.32 Å². The van der Waals surface area contributed by atoms with Gasteiger partial charge in [0.2, 0.25) is 11.7 Å². The van der Waals surface area contributed by atoms with Gasteiger partial charge in [-0.15, -0.1) is 0 Å². The molecule has 27 heavy (non-hydrogen) atoms. The van der Waals surface area contributed by atoms with Crippen LogP contribution >= 0.6 is 0 Å². The molecule has 2 aromatic rings. The van der Waals surface area contributed by atoms with E-state index in [9.17, 15) is 9.59 Å². The van der Waals surface area contributed by atoms with Crippen molar-refractivity contribution in [1.29, 1.82) is 0 Å². The van der Waals surface area contributed by atoms with E-state index in [1.165, 1.54) is 5.56 Å². The molecule has 0 radical (unpaired) electrons. The van der Waals surface area contributed by atoms with E-state index in [1.807, 2.05) is 57.0 Å². The summed E-state index contributed by atoms with van der Waals surface area (Å²) in [5.74, 6) is 0.301. The number of hydrogen-bond acceptors (Lipinski definition) is 4. The van der Waals surface area contributed by atoms with Crippen LogP contribution in [0, 0.1) is 12.8 Å². The van der Waals surface area contributed by atoms with Crippen LogP contribution in [-0.2, 0) is 11.8 Å². The largest absolute Gasteiger partial charge is 0.372 e. The fourth-order valence-electron chi connectivity index (χ4n) is 3.61. The standard InChI is InChI=1S/C21H28N4O2/c1-15-7-9-17(10-8-15)23-21(2,3)20(27)25-12-5-6-16(14-25)18(26)19-22-11-13-24(19)4/h7-11,13,16,23H,5-6,12,14H2,1-4H3. The molecule has 1 aromatic carbocycles. The molecule has 1 aliphatic heterocycles. The number of aromatic nitrogens is 2. The topological polar surface area (TPSA) is 67.2 Å². The Morgan fingerprint density at radius 3 is 2.56 bits per heavy atom. The van der Waals surface area contributed by atoms with Crippen LogP contribution in [0.15, 0.2) is 36.7 Å². The van der Waals surface area contributed by atoms with Gasteiger partial charge in [-0.3, -0.25) is 9.59 Å². The number of hydrogen-bond donors (Lipinski definition) is 1.